The van der Waals surface area contributed by atoms with E-state index >= 15 is 0 Å². The highest BCUT2D eigenvalue weighted by Crippen LogP contribution is 2.23. The normalized spacial score (nSPS) is 10.9. The van der Waals surface area contributed by atoms with Crippen LogP contribution in [0, 0.1) is 6.92 Å². The number of thiazole rings is 1. The van der Waals surface area contributed by atoms with E-state index in [4.69, 9.17) is 9.15 Å². The number of hydrogen-bond donors (Lipinski definition) is 1. The molecule has 0 bridgehead atoms. The Balaban J connectivity index is 2.02. The van der Waals surface area contributed by atoms with E-state index in [2.05, 4.69) is 31.4 Å². The van der Waals surface area contributed by atoms with Gasteiger partial charge in [-0.05, 0) is 41.9 Å². The maximum absolute atomic E-state index is 11.6. The molecule has 2 aromatic heterocycles. The Bertz CT molecular complexity index is 636. The van der Waals surface area contributed by atoms with Crippen molar-refractivity contribution >= 4 is 44.6 Å². The molecule has 0 fully saturated rings. The van der Waals surface area contributed by atoms with Gasteiger partial charge < -0.3 is 9.15 Å². The van der Waals surface area contributed by atoms with E-state index in [0.29, 0.717) is 32.7 Å². The second kappa shape index (κ2) is 6.67. The van der Waals surface area contributed by atoms with Crippen molar-refractivity contribution in [2.45, 2.75) is 13.8 Å². The van der Waals surface area contributed by atoms with Crippen LogP contribution in [-0.4, -0.2) is 23.8 Å². The Morgan fingerprint density at radius 3 is 3.10 bits per heavy atom. The van der Waals surface area contributed by atoms with E-state index in [1.165, 1.54) is 17.6 Å². The molecular formula is C12H12BrN3O3S. The van der Waals surface area contributed by atoms with Crippen molar-refractivity contribution in [3.63, 3.8) is 0 Å². The molecule has 0 saturated carbocycles. The van der Waals surface area contributed by atoms with E-state index in [9.17, 15) is 4.79 Å². The lowest BCUT2D eigenvalue weighted by Crippen LogP contribution is -2.03. The minimum Gasteiger partial charge on any atom is -0.462 e. The number of hydrogen-bond acceptors (Lipinski definition) is 7. The lowest BCUT2D eigenvalue weighted by atomic mass is 10.4. The Hall–Kier alpha value is -1.67. The Morgan fingerprint density at radius 2 is 2.45 bits per heavy atom. The number of ether oxygens (including phenoxy) is 1. The molecule has 0 radical (unpaired) electrons. The van der Waals surface area contributed by atoms with E-state index in [1.54, 1.807) is 26.0 Å². The summed E-state index contributed by atoms with van der Waals surface area (Å²) < 4.78 is 10.8. The third-order valence-corrected chi connectivity index (χ3v) is 3.67. The van der Waals surface area contributed by atoms with Gasteiger partial charge in [-0.25, -0.2) is 9.78 Å². The van der Waals surface area contributed by atoms with Crippen molar-refractivity contribution in [1.29, 1.82) is 0 Å². The molecule has 2 aromatic rings. The SMILES string of the molecule is CCOC(=O)c1sc(N/N=C/c2ccc(Br)o2)nc1C. The van der Waals surface area contributed by atoms with Gasteiger partial charge >= 0.3 is 5.97 Å². The maximum Gasteiger partial charge on any atom is 0.350 e. The number of rotatable bonds is 5. The topological polar surface area (TPSA) is 76.7 Å². The number of nitrogens with zero attached hydrogens (tertiary/aromatic N) is 2. The molecule has 0 aliphatic heterocycles. The van der Waals surface area contributed by atoms with Crippen molar-refractivity contribution < 1.29 is 13.9 Å². The van der Waals surface area contributed by atoms with Crippen molar-refractivity contribution in [3.8, 4) is 0 Å². The summed E-state index contributed by atoms with van der Waals surface area (Å²) in [6, 6.07) is 3.54. The Kier molecular flexibility index (Phi) is 4.91. The fraction of sp³-hybridized carbons (Fsp3) is 0.250. The number of aryl methyl sites for hydroxylation is 1. The van der Waals surface area contributed by atoms with Crippen LogP contribution in [0.5, 0.6) is 0 Å². The minimum absolute atomic E-state index is 0.338. The first-order chi connectivity index (χ1) is 9.60. The first kappa shape index (κ1) is 14.7. The minimum atomic E-state index is -0.366. The summed E-state index contributed by atoms with van der Waals surface area (Å²) in [6.45, 7) is 3.85. The van der Waals surface area contributed by atoms with E-state index < -0.39 is 0 Å². The number of carbonyl (C=O) groups is 1. The van der Waals surface area contributed by atoms with Crippen LogP contribution in [0.1, 0.15) is 28.0 Å². The highest BCUT2D eigenvalue weighted by atomic mass is 79.9. The fourth-order valence-corrected chi connectivity index (χ4v) is 2.51. The summed E-state index contributed by atoms with van der Waals surface area (Å²) in [5.74, 6) is 0.234. The number of anilines is 1. The van der Waals surface area contributed by atoms with E-state index in [-0.39, 0.29) is 5.97 Å². The summed E-state index contributed by atoms with van der Waals surface area (Å²) >= 11 is 4.40. The van der Waals surface area contributed by atoms with Crippen LogP contribution in [0.2, 0.25) is 0 Å². The highest BCUT2D eigenvalue weighted by molar-refractivity contribution is 9.10. The predicted octanol–water partition coefficient (Wildman–Crippen LogP) is 3.43. The maximum atomic E-state index is 11.6. The molecule has 2 rings (SSSR count). The van der Waals surface area contributed by atoms with Gasteiger partial charge in [-0.3, -0.25) is 5.43 Å². The number of halogens is 1. The van der Waals surface area contributed by atoms with Crippen molar-refractivity contribution in [2.75, 3.05) is 12.0 Å². The van der Waals surface area contributed by atoms with Crippen molar-refractivity contribution in [3.05, 3.63) is 33.1 Å². The monoisotopic (exact) mass is 357 g/mol. The largest absolute Gasteiger partial charge is 0.462 e. The van der Waals surface area contributed by atoms with Crippen LogP contribution in [0.25, 0.3) is 0 Å². The van der Waals surface area contributed by atoms with Crippen LogP contribution in [0.4, 0.5) is 5.13 Å². The lowest BCUT2D eigenvalue weighted by Gasteiger charge is -1.97. The van der Waals surface area contributed by atoms with Crippen LogP contribution < -0.4 is 5.43 Å². The third kappa shape index (κ3) is 3.67. The zero-order valence-corrected chi connectivity index (χ0v) is 13.2. The first-order valence-electron chi connectivity index (χ1n) is 5.79. The van der Waals surface area contributed by atoms with Gasteiger partial charge in [0.05, 0.1) is 18.5 Å². The highest BCUT2D eigenvalue weighted by Gasteiger charge is 2.15. The van der Waals surface area contributed by atoms with Gasteiger partial charge in [0.1, 0.15) is 10.6 Å². The van der Waals surface area contributed by atoms with Gasteiger partial charge in [0.25, 0.3) is 0 Å². The molecule has 20 heavy (non-hydrogen) atoms. The van der Waals surface area contributed by atoms with Gasteiger partial charge in [-0.2, -0.15) is 5.10 Å². The molecule has 6 nitrogen and oxygen atoms in total. The number of esters is 1. The average molecular weight is 358 g/mol. The molecular weight excluding hydrogens is 346 g/mol. The summed E-state index contributed by atoms with van der Waals surface area (Å²) in [5, 5.41) is 4.51. The van der Waals surface area contributed by atoms with Gasteiger partial charge in [0.2, 0.25) is 5.13 Å². The van der Waals surface area contributed by atoms with E-state index in [0.717, 1.165) is 0 Å². The van der Waals surface area contributed by atoms with Crippen molar-refractivity contribution in [1.82, 2.24) is 4.98 Å². The smallest absolute Gasteiger partial charge is 0.350 e. The van der Waals surface area contributed by atoms with Gasteiger partial charge in [-0.15, -0.1) is 0 Å². The molecule has 0 saturated heterocycles. The van der Waals surface area contributed by atoms with Crippen molar-refractivity contribution in [2.24, 2.45) is 5.10 Å². The quantitative estimate of drug-likeness (QED) is 0.503. The number of nitrogens with one attached hydrogen (secondary N) is 1. The summed E-state index contributed by atoms with van der Waals surface area (Å²) in [6.07, 6.45) is 1.52. The Labute approximate surface area is 128 Å². The van der Waals surface area contributed by atoms with E-state index in [1.807, 2.05) is 0 Å². The zero-order valence-electron chi connectivity index (χ0n) is 10.8. The standard InChI is InChI=1S/C12H12BrN3O3S/c1-3-18-11(17)10-7(2)15-12(20-10)16-14-6-8-4-5-9(13)19-8/h4-6H,3H2,1-2H3,(H,15,16)/b14-6+. The molecule has 0 aliphatic rings. The lowest BCUT2D eigenvalue weighted by molar-refractivity contribution is 0.0531. The summed E-state index contributed by atoms with van der Waals surface area (Å²) in [7, 11) is 0. The molecule has 0 unspecified atom stereocenters. The number of carbonyl (C=O) groups excluding carboxylic acids is 1. The van der Waals surface area contributed by atoms with Crippen LogP contribution >= 0.6 is 27.3 Å². The molecule has 2 heterocycles. The molecule has 0 aromatic carbocycles. The molecule has 1 N–H and O–H groups in total. The zero-order chi connectivity index (χ0) is 14.5. The second-order valence-electron chi connectivity index (χ2n) is 3.67. The molecule has 0 aliphatic carbocycles. The molecule has 8 heteroatoms. The van der Waals surface area contributed by atoms with Crippen LogP contribution in [-0.2, 0) is 4.74 Å². The van der Waals surface area contributed by atoms with Gasteiger partial charge in [0.15, 0.2) is 4.67 Å². The summed E-state index contributed by atoms with van der Waals surface area (Å²) in [5.41, 5.74) is 3.37. The molecule has 0 spiro atoms. The van der Waals surface area contributed by atoms with Gasteiger partial charge in [-0.1, -0.05) is 11.3 Å². The number of furan rings is 1. The molecule has 106 valence electrons. The Morgan fingerprint density at radius 1 is 1.65 bits per heavy atom. The number of aromatic nitrogens is 1. The van der Waals surface area contributed by atoms with Gasteiger partial charge in [0, 0.05) is 0 Å². The third-order valence-electron chi connectivity index (χ3n) is 2.20. The van der Waals surface area contributed by atoms with Crippen LogP contribution in [0.15, 0.2) is 26.3 Å². The predicted molar refractivity (Wildman–Crippen MR) is 80.4 cm³/mol. The second-order valence-corrected chi connectivity index (χ2v) is 5.45. The first-order valence-corrected chi connectivity index (χ1v) is 7.40. The summed E-state index contributed by atoms with van der Waals surface area (Å²) in [4.78, 5) is 16.3. The molecule has 0 amide bonds. The fourth-order valence-electron chi connectivity index (χ4n) is 1.38. The molecule has 0 atom stereocenters. The van der Waals surface area contributed by atoms with Crippen LogP contribution in [0.3, 0.4) is 0 Å². The average Bonchev–Trinajstić information content (AvgIpc) is 2.96. The number of hydrazone groups is 1.